The van der Waals surface area contributed by atoms with Crippen LogP contribution in [0.4, 0.5) is 0 Å². The molecule has 2 aromatic carbocycles. The molecule has 0 radical (unpaired) electrons. The number of rotatable bonds is 6. The van der Waals surface area contributed by atoms with Crippen molar-refractivity contribution in [3.8, 4) is 5.75 Å². The number of hydrogen-bond donors (Lipinski definition) is 2. The van der Waals surface area contributed by atoms with Crippen LogP contribution in [-0.2, 0) is 6.42 Å². The van der Waals surface area contributed by atoms with Crippen LogP contribution >= 0.6 is 0 Å². The first kappa shape index (κ1) is 14.6. The maximum Gasteiger partial charge on any atom is 0.119 e. The lowest BCUT2D eigenvalue weighted by Crippen LogP contribution is -2.29. The zero-order chi connectivity index (χ0) is 14.4. The quantitative estimate of drug-likeness (QED) is 0.626. The van der Waals surface area contributed by atoms with Crippen LogP contribution in [0.1, 0.15) is 29.2 Å². The Morgan fingerprint density at radius 1 is 1.15 bits per heavy atom. The highest BCUT2D eigenvalue weighted by molar-refractivity contribution is 5.36. The predicted octanol–water partition coefficient (Wildman–Crippen LogP) is 3.14. The van der Waals surface area contributed by atoms with Gasteiger partial charge in [0.15, 0.2) is 0 Å². The predicted molar refractivity (Wildman–Crippen MR) is 82.6 cm³/mol. The Morgan fingerprint density at radius 3 is 2.50 bits per heavy atom. The van der Waals surface area contributed by atoms with Crippen molar-refractivity contribution in [1.29, 1.82) is 0 Å². The van der Waals surface area contributed by atoms with Crippen molar-refractivity contribution >= 4 is 0 Å². The van der Waals surface area contributed by atoms with Crippen molar-refractivity contribution in [2.24, 2.45) is 5.84 Å². The van der Waals surface area contributed by atoms with Crippen molar-refractivity contribution in [1.82, 2.24) is 5.43 Å². The molecule has 0 aliphatic carbocycles. The number of hydrazine groups is 1. The molecule has 0 heterocycles. The fraction of sp³-hybridized carbons (Fsp3) is 0.294. The van der Waals surface area contributed by atoms with Crippen LogP contribution in [-0.4, -0.2) is 7.11 Å². The lowest BCUT2D eigenvalue weighted by Gasteiger charge is -2.19. The van der Waals surface area contributed by atoms with Gasteiger partial charge in [-0.1, -0.05) is 36.4 Å². The molecule has 2 rings (SSSR count). The van der Waals surface area contributed by atoms with E-state index < -0.39 is 0 Å². The number of methoxy groups -OCH3 is 1. The molecule has 0 saturated carbocycles. The summed E-state index contributed by atoms with van der Waals surface area (Å²) in [4.78, 5) is 0. The second kappa shape index (κ2) is 7.08. The van der Waals surface area contributed by atoms with Gasteiger partial charge < -0.3 is 4.74 Å². The van der Waals surface area contributed by atoms with Gasteiger partial charge in [0.2, 0.25) is 0 Å². The molecule has 1 atom stereocenters. The van der Waals surface area contributed by atoms with Crippen LogP contribution in [0.25, 0.3) is 0 Å². The first-order valence-electron chi connectivity index (χ1n) is 6.89. The summed E-state index contributed by atoms with van der Waals surface area (Å²) in [6.07, 6.45) is 1.97. The van der Waals surface area contributed by atoms with Crippen LogP contribution in [0.5, 0.6) is 5.75 Å². The van der Waals surface area contributed by atoms with E-state index in [9.17, 15) is 0 Å². The third kappa shape index (κ3) is 3.59. The molecule has 2 aromatic rings. The molecule has 0 fully saturated rings. The van der Waals surface area contributed by atoms with Crippen LogP contribution in [0.3, 0.4) is 0 Å². The van der Waals surface area contributed by atoms with Gasteiger partial charge in [0.05, 0.1) is 7.11 Å². The molecule has 0 aliphatic heterocycles. The Kier molecular flexibility index (Phi) is 5.16. The lowest BCUT2D eigenvalue weighted by atomic mass is 9.96. The maximum absolute atomic E-state index is 5.73. The normalized spacial score (nSPS) is 12.2. The summed E-state index contributed by atoms with van der Waals surface area (Å²) in [6, 6.07) is 16.7. The van der Waals surface area contributed by atoms with Crippen molar-refractivity contribution in [3.63, 3.8) is 0 Å². The SMILES string of the molecule is COc1ccc(C(CCc2ccccc2)NN)c(C)c1. The van der Waals surface area contributed by atoms with Gasteiger partial charge in [-0.2, -0.15) is 0 Å². The first-order chi connectivity index (χ1) is 9.74. The van der Waals surface area contributed by atoms with E-state index in [1.807, 2.05) is 18.2 Å². The first-order valence-corrected chi connectivity index (χ1v) is 6.89. The molecule has 0 aromatic heterocycles. The molecule has 3 N–H and O–H groups in total. The molecule has 20 heavy (non-hydrogen) atoms. The van der Waals surface area contributed by atoms with Gasteiger partial charge in [0.25, 0.3) is 0 Å². The van der Waals surface area contributed by atoms with Crippen molar-refractivity contribution < 1.29 is 4.74 Å². The molecule has 3 heteroatoms. The van der Waals surface area contributed by atoms with Gasteiger partial charge in [-0.05, 0) is 48.6 Å². The minimum atomic E-state index is 0.154. The standard InChI is InChI=1S/C17H22N2O/c1-13-12-15(20-2)9-10-16(13)17(19-18)11-8-14-6-4-3-5-7-14/h3-7,9-10,12,17,19H,8,11,18H2,1-2H3. The van der Waals surface area contributed by atoms with E-state index in [0.29, 0.717) is 0 Å². The Bertz CT molecular complexity index is 540. The molecule has 0 spiro atoms. The summed E-state index contributed by atoms with van der Waals surface area (Å²) in [5.41, 5.74) is 6.68. The highest BCUT2D eigenvalue weighted by Crippen LogP contribution is 2.25. The molecular weight excluding hydrogens is 248 g/mol. The van der Waals surface area contributed by atoms with Gasteiger partial charge in [-0.25, -0.2) is 0 Å². The second-order valence-corrected chi connectivity index (χ2v) is 4.97. The monoisotopic (exact) mass is 270 g/mol. The topological polar surface area (TPSA) is 47.3 Å². The lowest BCUT2D eigenvalue weighted by molar-refractivity contribution is 0.413. The third-order valence-corrected chi connectivity index (χ3v) is 3.62. The van der Waals surface area contributed by atoms with Gasteiger partial charge in [0.1, 0.15) is 5.75 Å². The Morgan fingerprint density at radius 2 is 1.90 bits per heavy atom. The number of benzene rings is 2. The average Bonchev–Trinajstić information content (AvgIpc) is 2.50. The van der Waals surface area contributed by atoms with E-state index in [2.05, 4.69) is 42.7 Å². The van der Waals surface area contributed by atoms with Crippen LogP contribution in [0.15, 0.2) is 48.5 Å². The zero-order valence-corrected chi connectivity index (χ0v) is 12.1. The zero-order valence-electron chi connectivity index (χ0n) is 12.1. The molecular formula is C17H22N2O. The van der Waals surface area contributed by atoms with E-state index in [1.54, 1.807) is 7.11 Å². The number of nitrogens with one attached hydrogen (secondary N) is 1. The van der Waals surface area contributed by atoms with Crippen molar-refractivity contribution in [2.45, 2.75) is 25.8 Å². The van der Waals surface area contributed by atoms with E-state index in [-0.39, 0.29) is 6.04 Å². The third-order valence-electron chi connectivity index (χ3n) is 3.62. The number of hydrogen-bond acceptors (Lipinski definition) is 3. The highest BCUT2D eigenvalue weighted by atomic mass is 16.5. The van der Waals surface area contributed by atoms with Crippen LogP contribution < -0.4 is 16.0 Å². The van der Waals surface area contributed by atoms with E-state index in [1.165, 1.54) is 16.7 Å². The van der Waals surface area contributed by atoms with Gasteiger partial charge in [0, 0.05) is 6.04 Å². The van der Waals surface area contributed by atoms with Gasteiger partial charge in [-0.15, -0.1) is 0 Å². The minimum absolute atomic E-state index is 0.154. The molecule has 0 bridgehead atoms. The molecule has 0 amide bonds. The van der Waals surface area contributed by atoms with Crippen LogP contribution in [0, 0.1) is 6.92 Å². The Balaban J connectivity index is 2.08. The molecule has 0 saturated heterocycles. The largest absolute Gasteiger partial charge is 0.497 e. The van der Waals surface area contributed by atoms with E-state index in [0.717, 1.165) is 18.6 Å². The molecule has 1 unspecified atom stereocenters. The average molecular weight is 270 g/mol. The van der Waals surface area contributed by atoms with Gasteiger partial charge in [-0.3, -0.25) is 11.3 Å². The summed E-state index contributed by atoms with van der Waals surface area (Å²) in [6.45, 7) is 2.09. The molecule has 0 aliphatic rings. The van der Waals surface area contributed by atoms with Crippen molar-refractivity contribution in [3.05, 3.63) is 65.2 Å². The molecule has 106 valence electrons. The number of nitrogens with two attached hydrogens (primary N) is 1. The second-order valence-electron chi connectivity index (χ2n) is 4.97. The van der Waals surface area contributed by atoms with E-state index in [4.69, 9.17) is 10.6 Å². The van der Waals surface area contributed by atoms with Crippen molar-refractivity contribution in [2.75, 3.05) is 7.11 Å². The fourth-order valence-electron chi connectivity index (χ4n) is 2.45. The Hall–Kier alpha value is -1.84. The maximum atomic E-state index is 5.73. The van der Waals surface area contributed by atoms with Crippen LogP contribution in [0.2, 0.25) is 0 Å². The number of aryl methyl sites for hydroxylation is 2. The highest BCUT2D eigenvalue weighted by Gasteiger charge is 2.12. The fourth-order valence-corrected chi connectivity index (χ4v) is 2.45. The summed E-state index contributed by atoms with van der Waals surface area (Å²) >= 11 is 0. The molecule has 3 nitrogen and oxygen atoms in total. The van der Waals surface area contributed by atoms with E-state index >= 15 is 0 Å². The summed E-state index contributed by atoms with van der Waals surface area (Å²) < 4.78 is 5.24. The summed E-state index contributed by atoms with van der Waals surface area (Å²) in [5, 5.41) is 0. The smallest absolute Gasteiger partial charge is 0.119 e. The number of ether oxygens (including phenoxy) is 1. The van der Waals surface area contributed by atoms with Gasteiger partial charge >= 0.3 is 0 Å². The summed E-state index contributed by atoms with van der Waals surface area (Å²) in [5.74, 6) is 6.61. The minimum Gasteiger partial charge on any atom is -0.497 e. The summed E-state index contributed by atoms with van der Waals surface area (Å²) in [7, 11) is 1.68. The Labute approximate surface area is 120 Å².